The first-order valence-electron chi connectivity index (χ1n) is 13.1. The first-order chi connectivity index (χ1) is 17.4. The van der Waals surface area contributed by atoms with Crippen molar-refractivity contribution in [1.82, 2.24) is 5.32 Å². The van der Waals surface area contributed by atoms with E-state index in [1.807, 2.05) is 54.6 Å². The molecule has 1 aliphatic heterocycles. The third kappa shape index (κ3) is 4.84. The van der Waals surface area contributed by atoms with Crippen molar-refractivity contribution in [3.63, 3.8) is 0 Å². The van der Waals surface area contributed by atoms with Crippen LogP contribution in [0, 0.1) is 5.41 Å². The van der Waals surface area contributed by atoms with Crippen molar-refractivity contribution >= 4 is 17.4 Å². The molecule has 1 saturated carbocycles. The Morgan fingerprint density at radius 3 is 2.36 bits per heavy atom. The molecule has 0 saturated heterocycles. The molecule has 0 radical (unpaired) electrons. The van der Waals surface area contributed by atoms with Crippen LogP contribution in [0.15, 0.2) is 71.4 Å². The van der Waals surface area contributed by atoms with Crippen LogP contribution in [-0.4, -0.2) is 24.5 Å². The summed E-state index contributed by atoms with van der Waals surface area (Å²) in [6.07, 6.45) is 6.06. The van der Waals surface area contributed by atoms with Crippen molar-refractivity contribution in [3.05, 3.63) is 82.6 Å². The first-order valence-corrected chi connectivity index (χ1v) is 13.1. The molecule has 5 nitrogen and oxygen atoms in total. The van der Waals surface area contributed by atoms with Crippen molar-refractivity contribution in [1.29, 1.82) is 0 Å². The second kappa shape index (κ2) is 9.96. The molecule has 0 spiro atoms. The molecule has 2 aromatic carbocycles. The number of nitrogens with one attached hydrogen (secondary N) is 1. The van der Waals surface area contributed by atoms with Gasteiger partial charge in [0.1, 0.15) is 5.75 Å². The molecule has 2 aromatic rings. The number of carbonyl (C=O) groups is 2. The Kier molecular flexibility index (Phi) is 6.74. The van der Waals surface area contributed by atoms with E-state index in [1.165, 1.54) is 12.8 Å². The number of esters is 1. The number of dihydropyridines is 1. The summed E-state index contributed by atoms with van der Waals surface area (Å²) in [7, 11) is 0. The van der Waals surface area contributed by atoms with E-state index in [0.717, 1.165) is 47.5 Å². The van der Waals surface area contributed by atoms with E-state index in [0.29, 0.717) is 17.6 Å². The van der Waals surface area contributed by atoms with Crippen molar-refractivity contribution in [2.45, 2.75) is 71.3 Å². The normalized spacial score (nSPS) is 21.8. The van der Waals surface area contributed by atoms with E-state index in [1.54, 1.807) is 6.92 Å². The lowest BCUT2D eigenvalue weighted by Gasteiger charge is -2.40. The molecule has 0 bridgehead atoms. The third-order valence-corrected chi connectivity index (χ3v) is 7.42. The Hall–Kier alpha value is -3.34. The van der Waals surface area contributed by atoms with Crippen molar-refractivity contribution in [3.8, 4) is 5.75 Å². The fraction of sp³-hybridized carbons (Fsp3) is 0.419. The molecule has 3 aliphatic rings. The molecule has 5 heteroatoms. The van der Waals surface area contributed by atoms with Gasteiger partial charge in [-0.1, -0.05) is 56.3 Å². The lowest BCUT2D eigenvalue weighted by molar-refractivity contribution is -0.138. The highest BCUT2D eigenvalue weighted by molar-refractivity contribution is 6.08. The Morgan fingerprint density at radius 2 is 1.69 bits per heavy atom. The van der Waals surface area contributed by atoms with E-state index in [4.69, 9.17) is 9.47 Å². The zero-order valence-electron chi connectivity index (χ0n) is 21.4. The van der Waals surface area contributed by atoms with Gasteiger partial charge in [-0.25, -0.2) is 4.79 Å². The van der Waals surface area contributed by atoms with E-state index in [2.05, 4.69) is 19.2 Å². The molecule has 188 valence electrons. The van der Waals surface area contributed by atoms with Crippen molar-refractivity contribution < 1.29 is 19.1 Å². The highest BCUT2D eigenvalue weighted by atomic mass is 16.5. The van der Waals surface area contributed by atoms with Crippen LogP contribution in [0.3, 0.4) is 0 Å². The maximum atomic E-state index is 13.6. The van der Waals surface area contributed by atoms with Gasteiger partial charge >= 0.3 is 5.97 Å². The molecule has 2 aliphatic carbocycles. The molecule has 0 unspecified atom stereocenters. The number of ketones is 1. The van der Waals surface area contributed by atoms with Crippen LogP contribution < -0.4 is 10.1 Å². The summed E-state index contributed by atoms with van der Waals surface area (Å²) in [5.41, 5.74) is 4.42. The number of hydrogen-bond acceptors (Lipinski definition) is 5. The van der Waals surface area contributed by atoms with E-state index in [-0.39, 0.29) is 23.9 Å². The van der Waals surface area contributed by atoms with Gasteiger partial charge < -0.3 is 14.8 Å². The van der Waals surface area contributed by atoms with Gasteiger partial charge in [-0.2, -0.15) is 0 Å². The average Bonchev–Trinajstić information content (AvgIpc) is 3.36. The lowest BCUT2D eigenvalue weighted by atomic mass is 9.68. The smallest absolute Gasteiger partial charge is 0.337 e. The summed E-state index contributed by atoms with van der Waals surface area (Å²) in [6.45, 7) is 6.30. The molecular weight excluding hydrogens is 450 g/mol. The van der Waals surface area contributed by atoms with Crippen LogP contribution in [0.2, 0.25) is 0 Å². The summed E-state index contributed by atoms with van der Waals surface area (Å²) in [5, 5.41) is 3.52. The number of carbonyl (C=O) groups excluding carboxylic acids is 2. The zero-order chi connectivity index (χ0) is 25.3. The lowest BCUT2D eigenvalue weighted by Crippen LogP contribution is -2.38. The van der Waals surface area contributed by atoms with Crippen LogP contribution in [0.25, 0.3) is 5.70 Å². The summed E-state index contributed by atoms with van der Waals surface area (Å²) >= 11 is 0. The minimum absolute atomic E-state index is 0.0824. The minimum Gasteiger partial charge on any atom is -0.490 e. The maximum absolute atomic E-state index is 13.6. The van der Waals surface area contributed by atoms with Crippen molar-refractivity contribution in [2.24, 2.45) is 5.41 Å². The van der Waals surface area contributed by atoms with Crippen LogP contribution in [0.5, 0.6) is 5.75 Å². The van der Waals surface area contributed by atoms with Gasteiger partial charge in [-0.3, -0.25) is 4.79 Å². The summed E-state index contributed by atoms with van der Waals surface area (Å²) < 4.78 is 11.7. The number of rotatable bonds is 6. The van der Waals surface area contributed by atoms with Crippen LogP contribution in [0.1, 0.15) is 76.3 Å². The Morgan fingerprint density at radius 1 is 1.00 bits per heavy atom. The largest absolute Gasteiger partial charge is 0.490 e. The van der Waals surface area contributed by atoms with E-state index in [9.17, 15) is 9.59 Å². The molecule has 0 amide bonds. The summed E-state index contributed by atoms with van der Waals surface area (Å²) in [4.78, 5) is 27.1. The highest BCUT2D eigenvalue weighted by Gasteiger charge is 2.44. The van der Waals surface area contributed by atoms with Gasteiger partial charge in [0, 0.05) is 23.6 Å². The number of allylic oxidation sites excluding steroid dienone is 2. The summed E-state index contributed by atoms with van der Waals surface area (Å²) in [5.74, 6) is 0.0118. The number of hydrogen-bond donors (Lipinski definition) is 1. The van der Waals surface area contributed by atoms with Gasteiger partial charge in [-0.05, 0) is 67.7 Å². The molecule has 1 heterocycles. The molecule has 36 heavy (non-hydrogen) atoms. The van der Waals surface area contributed by atoms with Gasteiger partial charge in [0.2, 0.25) is 0 Å². The van der Waals surface area contributed by atoms with Crippen LogP contribution >= 0.6 is 0 Å². The molecule has 5 rings (SSSR count). The van der Waals surface area contributed by atoms with Gasteiger partial charge in [0.05, 0.1) is 24.0 Å². The van der Waals surface area contributed by atoms with Gasteiger partial charge in [0.15, 0.2) is 5.78 Å². The highest BCUT2D eigenvalue weighted by Crippen LogP contribution is 2.48. The van der Waals surface area contributed by atoms with Crippen LogP contribution in [0.4, 0.5) is 0 Å². The SMILES string of the molecule is CCOC(=O)C1=C(c2ccccc2)NC2=C(C(=O)CC(C)(C)C2)[C@H]1c1ccc(OC2CCCC2)cc1. The second-order valence-corrected chi connectivity index (χ2v) is 10.9. The quantitative estimate of drug-likeness (QED) is 0.486. The Labute approximate surface area is 213 Å². The molecule has 1 N–H and O–H groups in total. The average molecular weight is 486 g/mol. The monoisotopic (exact) mass is 485 g/mol. The fourth-order valence-electron chi connectivity index (χ4n) is 5.82. The number of ether oxygens (including phenoxy) is 2. The molecule has 1 atom stereocenters. The van der Waals surface area contributed by atoms with E-state index < -0.39 is 11.9 Å². The van der Waals surface area contributed by atoms with Gasteiger partial charge in [-0.15, -0.1) is 0 Å². The molecule has 1 fully saturated rings. The van der Waals surface area contributed by atoms with Gasteiger partial charge in [0.25, 0.3) is 0 Å². The number of benzene rings is 2. The predicted octanol–water partition coefficient (Wildman–Crippen LogP) is 6.31. The third-order valence-electron chi connectivity index (χ3n) is 7.42. The second-order valence-electron chi connectivity index (χ2n) is 10.9. The Bertz CT molecular complexity index is 1200. The van der Waals surface area contributed by atoms with Crippen LogP contribution in [-0.2, 0) is 14.3 Å². The maximum Gasteiger partial charge on any atom is 0.337 e. The Balaban J connectivity index is 1.63. The summed E-state index contributed by atoms with van der Waals surface area (Å²) in [6, 6.07) is 17.8. The first kappa shape index (κ1) is 24.4. The van der Waals surface area contributed by atoms with Crippen molar-refractivity contribution in [2.75, 3.05) is 6.61 Å². The minimum atomic E-state index is -0.500. The molecule has 0 aromatic heterocycles. The van der Waals surface area contributed by atoms with E-state index >= 15 is 0 Å². The molecular formula is C31H35NO4. The number of Topliss-reactive ketones (excluding diaryl/α,β-unsaturated/α-hetero) is 1. The zero-order valence-corrected chi connectivity index (χ0v) is 21.4. The standard InChI is InChI=1S/C31H35NO4/c1-4-35-30(34)28-26(20-14-16-23(17-15-20)36-22-12-8-9-13-22)27-24(18-31(2,3)19-25(27)33)32-29(28)21-10-6-5-7-11-21/h5-7,10-11,14-17,22,26,32H,4,8-9,12-13,18-19H2,1-3H3/t26-/m1/s1. The fourth-order valence-corrected chi connectivity index (χ4v) is 5.82. The topological polar surface area (TPSA) is 64.6 Å². The predicted molar refractivity (Wildman–Crippen MR) is 140 cm³/mol.